The van der Waals surface area contributed by atoms with Gasteiger partial charge in [-0.05, 0) is 143 Å². The zero-order valence-electron chi connectivity index (χ0n) is 46.6. The molecule has 0 fully saturated rings. The number of aromatic nitrogens is 5. The molecule has 0 atom stereocenters. The van der Waals surface area contributed by atoms with Crippen molar-refractivity contribution in [2.24, 2.45) is 0 Å². The minimum Gasteiger partial charge on any atom is -0.455 e. The number of benzene rings is 12. The Balaban J connectivity index is 0.972. The highest BCUT2D eigenvalue weighted by Crippen LogP contribution is 2.46. The molecule has 0 saturated carbocycles. The van der Waals surface area contributed by atoms with Gasteiger partial charge >= 0.3 is 0 Å². The Morgan fingerprint density at radius 3 is 1.25 bits per heavy atom. The van der Waals surface area contributed by atoms with Crippen LogP contribution in [0.15, 0.2) is 264 Å². The summed E-state index contributed by atoms with van der Waals surface area (Å²) in [4.78, 5) is 16.8. The van der Waals surface area contributed by atoms with Gasteiger partial charge in [-0.25, -0.2) is 15.0 Å². The van der Waals surface area contributed by atoms with Gasteiger partial charge in [0.15, 0.2) is 17.5 Å². The smallest absolute Gasteiger partial charge is 0.166 e. The lowest BCUT2D eigenvalue weighted by Gasteiger charge is -2.18. The molecule has 0 aliphatic carbocycles. The summed E-state index contributed by atoms with van der Waals surface area (Å²) < 4.78 is 18.2. The van der Waals surface area contributed by atoms with Gasteiger partial charge in [-0.1, -0.05) is 146 Å². The van der Waals surface area contributed by atoms with Gasteiger partial charge in [-0.2, -0.15) is 15.8 Å². The van der Waals surface area contributed by atoms with Crippen molar-refractivity contribution in [2.45, 2.75) is 0 Å². The second-order valence-corrected chi connectivity index (χ2v) is 22.0. The molecule has 0 saturated heterocycles. The van der Waals surface area contributed by atoms with E-state index in [9.17, 15) is 15.8 Å². The van der Waals surface area contributed by atoms with Crippen molar-refractivity contribution in [2.75, 3.05) is 0 Å². The molecule has 0 unspecified atom stereocenters. The Bertz CT molecular complexity index is 5610. The van der Waals surface area contributed by atoms with Gasteiger partial charge in [0.25, 0.3) is 0 Å². The van der Waals surface area contributed by atoms with Gasteiger partial charge in [0.2, 0.25) is 0 Å². The van der Waals surface area contributed by atoms with Crippen molar-refractivity contribution in [1.82, 2.24) is 24.1 Å². The number of hydrogen-bond acceptors (Lipinski definition) is 8. The quantitative estimate of drug-likeness (QED) is 0.146. The van der Waals surface area contributed by atoms with E-state index in [0.29, 0.717) is 34.2 Å². The number of hydrogen-bond donors (Lipinski definition) is 0. The van der Waals surface area contributed by atoms with Crippen molar-refractivity contribution in [1.29, 1.82) is 15.8 Å². The predicted octanol–water partition coefficient (Wildman–Crippen LogP) is 19.5. The fourth-order valence-corrected chi connectivity index (χ4v) is 13.0. The highest BCUT2D eigenvalue weighted by molar-refractivity contribution is 6.25. The molecule has 0 amide bonds. The normalized spacial score (nSPS) is 11.6. The summed E-state index contributed by atoms with van der Waals surface area (Å²) >= 11 is 0. The maximum atomic E-state index is 10.3. The molecule has 17 aromatic rings. The van der Waals surface area contributed by atoms with Gasteiger partial charge in [-0.15, -0.1) is 0 Å². The maximum Gasteiger partial charge on any atom is 0.166 e. The summed E-state index contributed by atoms with van der Waals surface area (Å²) in [6, 6.07) is 92.4. The second kappa shape index (κ2) is 19.7. The zero-order valence-corrected chi connectivity index (χ0v) is 46.6. The number of fused-ring (bicyclic) bond motifs is 14. The van der Waals surface area contributed by atoms with Crippen LogP contribution in [-0.2, 0) is 0 Å². The molecular weight excluding hydrogens is 1080 g/mol. The van der Waals surface area contributed by atoms with Gasteiger partial charge in [-0.3, -0.25) is 0 Å². The summed E-state index contributed by atoms with van der Waals surface area (Å²) in [5, 5.41) is 38.2. The molecule has 10 nitrogen and oxygen atoms in total. The summed E-state index contributed by atoms with van der Waals surface area (Å²) in [5.74, 6) is 1.24. The molecule has 10 heteroatoms. The molecule has 0 spiro atoms. The Kier molecular flexibility index (Phi) is 11.2. The van der Waals surface area contributed by atoms with Gasteiger partial charge in [0.1, 0.15) is 22.3 Å². The van der Waals surface area contributed by atoms with E-state index < -0.39 is 0 Å². The van der Waals surface area contributed by atoms with E-state index in [0.717, 1.165) is 149 Å². The summed E-state index contributed by atoms with van der Waals surface area (Å²) in [5.41, 5.74) is 17.7. The van der Waals surface area contributed by atoms with Gasteiger partial charge < -0.3 is 18.0 Å². The van der Waals surface area contributed by atoms with E-state index in [2.05, 4.69) is 149 Å². The number of nitriles is 3. The number of para-hydroxylation sites is 4. The first-order chi connectivity index (χ1) is 43.5. The lowest BCUT2D eigenvalue weighted by molar-refractivity contribution is 0.672. The predicted molar refractivity (Wildman–Crippen MR) is 350 cm³/mol. The third-order valence-corrected chi connectivity index (χ3v) is 17.1. The van der Waals surface area contributed by atoms with Crippen molar-refractivity contribution < 1.29 is 8.83 Å². The molecular formula is C78H42N8O2. The Labute approximate surface area is 502 Å². The van der Waals surface area contributed by atoms with Gasteiger partial charge in [0.05, 0.1) is 79.1 Å². The lowest BCUT2D eigenvalue weighted by atomic mass is 9.98. The van der Waals surface area contributed by atoms with E-state index in [4.69, 9.17) is 23.8 Å². The number of rotatable bonds is 8. The molecule has 0 aliphatic heterocycles. The minimum atomic E-state index is 0.410. The van der Waals surface area contributed by atoms with Gasteiger partial charge in [0, 0.05) is 49.0 Å². The molecule has 0 radical (unpaired) electrons. The molecule has 406 valence electrons. The summed E-state index contributed by atoms with van der Waals surface area (Å²) in [7, 11) is 0. The van der Waals surface area contributed by atoms with Crippen LogP contribution in [0.1, 0.15) is 16.7 Å². The molecule has 0 N–H and O–H groups in total. The van der Waals surface area contributed by atoms with Crippen LogP contribution >= 0.6 is 0 Å². The third kappa shape index (κ3) is 7.76. The fourth-order valence-electron chi connectivity index (χ4n) is 13.0. The highest BCUT2D eigenvalue weighted by Gasteiger charge is 2.26. The van der Waals surface area contributed by atoms with Crippen molar-refractivity contribution in [3.05, 3.63) is 271 Å². The van der Waals surface area contributed by atoms with Crippen LogP contribution in [0.5, 0.6) is 0 Å². The third-order valence-electron chi connectivity index (χ3n) is 17.1. The zero-order chi connectivity index (χ0) is 58.6. The SMILES string of the molecule is N#Cc1ccc(-c2ccc(-c3nc(-c4cccc(-c5ccccc5C#N)c4)nc(-c4ccc(-c5ccc(C#N)cc5)cc4-n4c5ccccc5c5c6oc7ccccc7c6ccc54)n3)c(-n3c4ccccc4c4c5oc6ccccc6c5ccc43)c2)cc1. The van der Waals surface area contributed by atoms with Crippen LogP contribution in [0, 0.1) is 34.0 Å². The maximum absolute atomic E-state index is 10.3. The van der Waals surface area contributed by atoms with E-state index in [-0.39, 0.29) is 0 Å². The molecule has 17 rings (SSSR count). The first-order valence-electron chi connectivity index (χ1n) is 28.8. The molecule has 0 aliphatic rings. The lowest BCUT2D eigenvalue weighted by Crippen LogP contribution is -2.06. The highest BCUT2D eigenvalue weighted by atomic mass is 16.3. The number of nitrogens with zero attached hydrogens (tertiary/aromatic N) is 8. The van der Waals surface area contributed by atoms with E-state index in [1.807, 2.05) is 133 Å². The average Bonchev–Trinajstić information content (AvgIpc) is 1.79. The summed E-state index contributed by atoms with van der Waals surface area (Å²) in [6.07, 6.45) is 0. The first kappa shape index (κ1) is 49.9. The second-order valence-electron chi connectivity index (χ2n) is 22.0. The number of furan rings is 2. The van der Waals surface area contributed by atoms with E-state index in [1.165, 1.54) is 0 Å². The fraction of sp³-hybridized carbons (Fsp3) is 0. The molecule has 88 heavy (non-hydrogen) atoms. The molecule has 0 bridgehead atoms. The van der Waals surface area contributed by atoms with Crippen molar-refractivity contribution in [3.8, 4) is 97.1 Å². The monoisotopic (exact) mass is 1120 g/mol. The Hall–Kier alpha value is -12.7. The van der Waals surface area contributed by atoms with Crippen LogP contribution in [0.4, 0.5) is 0 Å². The minimum absolute atomic E-state index is 0.410. The Morgan fingerprint density at radius 1 is 0.295 bits per heavy atom. The van der Waals surface area contributed by atoms with Crippen LogP contribution in [0.25, 0.3) is 166 Å². The van der Waals surface area contributed by atoms with Crippen molar-refractivity contribution in [3.63, 3.8) is 0 Å². The first-order valence-corrected chi connectivity index (χ1v) is 28.8. The largest absolute Gasteiger partial charge is 0.455 e. The average molecular weight is 1120 g/mol. The molecule has 5 heterocycles. The van der Waals surface area contributed by atoms with Crippen LogP contribution in [-0.4, -0.2) is 24.1 Å². The standard InChI is InChI=1S/C78H42N8O2/c79-43-46-24-28-48(29-25-46)50-32-34-62(68(41-50)85-64-20-7-3-18-60(64)72-66(85)38-36-58-56-16-5-9-22-70(56)87-74(58)72)77-82-76(53-14-11-13-52(40-53)55-15-2-1-12-54(55)45-81)83-78(84-77)63-35-33-51(49-30-26-47(44-80)27-31-49)42-69(63)86-65-21-8-4-19-61(65)73-67(86)39-37-59-57-17-6-10-23-71(57)88-75(59)73/h1-42H. The summed E-state index contributed by atoms with van der Waals surface area (Å²) in [6.45, 7) is 0. The van der Waals surface area contributed by atoms with Crippen molar-refractivity contribution >= 4 is 87.5 Å². The van der Waals surface area contributed by atoms with Crippen LogP contribution in [0.2, 0.25) is 0 Å². The molecule has 5 aromatic heterocycles. The van der Waals surface area contributed by atoms with Crippen LogP contribution in [0.3, 0.4) is 0 Å². The van der Waals surface area contributed by atoms with E-state index >= 15 is 0 Å². The van der Waals surface area contributed by atoms with E-state index in [1.54, 1.807) is 0 Å². The Morgan fingerprint density at radius 2 is 0.739 bits per heavy atom. The molecule has 12 aromatic carbocycles. The van der Waals surface area contributed by atoms with Crippen LogP contribution < -0.4 is 0 Å². The topological polar surface area (TPSA) is 146 Å².